The fraction of sp³-hybridized carbons (Fsp3) is 0.600. The van der Waals surface area contributed by atoms with Crippen LogP contribution in [0, 0.1) is 0 Å². The van der Waals surface area contributed by atoms with Gasteiger partial charge < -0.3 is 15.2 Å². The Balaban J connectivity index is 2.59. The highest BCUT2D eigenvalue weighted by Gasteiger charge is 2.11. The minimum absolute atomic E-state index is 0.143. The number of hydrogen-bond donors (Lipinski definition) is 1. The molecule has 0 radical (unpaired) electrons. The molecular weight excluding hydrogens is 262 g/mol. The fourth-order valence-electron chi connectivity index (χ4n) is 1.78. The van der Waals surface area contributed by atoms with Crippen molar-refractivity contribution in [1.29, 1.82) is 0 Å². The predicted molar refractivity (Wildman–Crippen MR) is 80.0 cm³/mol. The molecule has 0 saturated carbocycles. The number of nitrogens with two attached hydrogens (primary N) is 1. The first-order valence-corrected chi connectivity index (χ1v) is 7.30. The highest BCUT2D eigenvalue weighted by Crippen LogP contribution is 2.29. The van der Waals surface area contributed by atoms with E-state index in [0.29, 0.717) is 18.2 Å². The Morgan fingerprint density at radius 1 is 1.26 bits per heavy atom. The zero-order valence-corrected chi connectivity index (χ0v) is 12.6. The Morgan fingerprint density at radius 2 is 2.05 bits per heavy atom. The lowest BCUT2D eigenvalue weighted by atomic mass is 10.0. The second-order valence-electron chi connectivity index (χ2n) is 4.50. The van der Waals surface area contributed by atoms with Crippen molar-refractivity contribution in [3.8, 4) is 5.75 Å². The van der Waals surface area contributed by atoms with Crippen molar-refractivity contribution in [2.45, 2.75) is 39.2 Å². The molecule has 0 saturated heterocycles. The summed E-state index contributed by atoms with van der Waals surface area (Å²) in [5.74, 6) is 0.768. The lowest BCUT2D eigenvalue weighted by Crippen LogP contribution is -2.21. The Labute approximate surface area is 121 Å². The SMILES string of the molecule is CCOCCCOc1c(Cl)cccc1CC(N)CC. The normalized spacial score (nSPS) is 12.4. The molecule has 0 aliphatic rings. The van der Waals surface area contributed by atoms with Gasteiger partial charge in [0, 0.05) is 25.7 Å². The molecule has 0 aliphatic heterocycles. The van der Waals surface area contributed by atoms with Gasteiger partial charge in [0.1, 0.15) is 5.75 Å². The molecule has 0 heterocycles. The molecule has 0 amide bonds. The number of para-hydroxylation sites is 1. The predicted octanol–water partition coefficient (Wildman–Crippen LogP) is 3.43. The van der Waals surface area contributed by atoms with Crippen LogP contribution in [0.4, 0.5) is 0 Å². The zero-order valence-electron chi connectivity index (χ0n) is 11.8. The molecular formula is C15H24ClNO2. The highest BCUT2D eigenvalue weighted by atomic mass is 35.5. The Bertz CT molecular complexity index is 371. The number of hydrogen-bond acceptors (Lipinski definition) is 3. The van der Waals surface area contributed by atoms with Crippen LogP contribution in [0.1, 0.15) is 32.3 Å². The summed E-state index contributed by atoms with van der Waals surface area (Å²) in [5, 5.41) is 0.650. The van der Waals surface area contributed by atoms with Crippen molar-refractivity contribution in [3.05, 3.63) is 28.8 Å². The standard InChI is InChI=1S/C15H24ClNO2/c1-3-13(17)11-12-7-5-8-14(16)15(12)19-10-6-9-18-4-2/h5,7-8,13H,3-4,6,9-11,17H2,1-2H3. The van der Waals surface area contributed by atoms with Gasteiger partial charge in [0.2, 0.25) is 0 Å². The van der Waals surface area contributed by atoms with Crippen LogP contribution in [0.25, 0.3) is 0 Å². The lowest BCUT2D eigenvalue weighted by molar-refractivity contribution is 0.130. The van der Waals surface area contributed by atoms with E-state index in [1.807, 2.05) is 25.1 Å². The smallest absolute Gasteiger partial charge is 0.141 e. The lowest BCUT2D eigenvalue weighted by Gasteiger charge is -2.15. The van der Waals surface area contributed by atoms with E-state index in [2.05, 4.69) is 6.92 Å². The molecule has 0 aliphatic carbocycles. The third-order valence-electron chi connectivity index (χ3n) is 2.94. The molecule has 1 unspecified atom stereocenters. The molecule has 1 atom stereocenters. The third kappa shape index (κ3) is 5.81. The van der Waals surface area contributed by atoms with Gasteiger partial charge in [-0.3, -0.25) is 0 Å². The van der Waals surface area contributed by atoms with E-state index < -0.39 is 0 Å². The van der Waals surface area contributed by atoms with Gasteiger partial charge in [0.15, 0.2) is 0 Å². The highest BCUT2D eigenvalue weighted by molar-refractivity contribution is 6.32. The van der Waals surface area contributed by atoms with Gasteiger partial charge in [-0.2, -0.15) is 0 Å². The molecule has 1 rings (SSSR count). The van der Waals surface area contributed by atoms with Gasteiger partial charge in [-0.1, -0.05) is 30.7 Å². The first-order chi connectivity index (χ1) is 9.19. The van der Waals surface area contributed by atoms with E-state index in [1.54, 1.807) is 0 Å². The molecule has 108 valence electrons. The summed E-state index contributed by atoms with van der Waals surface area (Å²) in [7, 11) is 0. The summed E-state index contributed by atoms with van der Waals surface area (Å²) >= 11 is 6.20. The maximum atomic E-state index is 6.20. The van der Waals surface area contributed by atoms with Crippen molar-refractivity contribution in [3.63, 3.8) is 0 Å². The van der Waals surface area contributed by atoms with Gasteiger partial charge in [-0.15, -0.1) is 0 Å². The topological polar surface area (TPSA) is 44.5 Å². The van der Waals surface area contributed by atoms with E-state index in [1.165, 1.54) is 0 Å². The van der Waals surface area contributed by atoms with Gasteiger partial charge >= 0.3 is 0 Å². The number of rotatable bonds is 9. The second-order valence-corrected chi connectivity index (χ2v) is 4.91. The summed E-state index contributed by atoms with van der Waals surface area (Å²) in [6.07, 6.45) is 2.59. The molecule has 1 aromatic rings. The maximum absolute atomic E-state index is 6.20. The van der Waals surface area contributed by atoms with Crippen LogP contribution in [-0.4, -0.2) is 25.9 Å². The number of ether oxygens (including phenoxy) is 2. The average molecular weight is 286 g/mol. The summed E-state index contributed by atoms with van der Waals surface area (Å²) < 4.78 is 11.1. The summed E-state index contributed by atoms with van der Waals surface area (Å²) in [6.45, 7) is 6.13. The van der Waals surface area contributed by atoms with Gasteiger partial charge in [-0.25, -0.2) is 0 Å². The number of benzene rings is 1. The minimum Gasteiger partial charge on any atom is -0.492 e. The van der Waals surface area contributed by atoms with E-state index >= 15 is 0 Å². The van der Waals surface area contributed by atoms with Gasteiger partial charge in [0.05, 0.1) is 11.6 Å². The quantitative estimate of drug-likeness (QED) is 0.707. The molecule has 0 aromatic heterocycles. The Morgan fingerprint density at radius 3 is 2.74 bits per heavy atom. The average Bonchev–Trinajstić information content (AvgIpc) is 2.41. The summed E-state index contributed by atoms with van der Waals surface area (Å²) in [4.78, 5) is 0. The third-order valence-corrected chi connectivity index (χ3v) is 3.24. The monoisotopic (exact) mass is 285 g/mol. The van der Waals surface area contributed by atoms with Crippen LogP contribution in [0.3, 0.4) is 0 Å². The maximum Gasteiger partial charge on any atom is 0.141 e. The fourth-order valence-corrected chi connectivity index (χ4v) is 2.03. The largest absolute Gasteiger partial charge is 0.492 e. The van der Waals surface area contributed by atoms with Crippen LogP contribution in [0.5, 0.6) is 5.75 Å². The van der Waals surface area contributed by atoms with Crippen LogP contribution in [-0.2, 0) is 11.2 Å². The van der Waals surface area contributed by atoms with Crippen molar-refractivity contribution in [2.24, 2.45) is 5.73 Å². The molecule has 0 bridgehead atoms. The van der Waals surface area contributed by atoms with Crippen LogP contribution >= 0.6 is 11.6 Å². The van der Waals surface area contributed by atoms with E-state index in [4.69, 9.17) is 26.8 Å². The van der Waals surface area contributed by atoms with Crippen LogP contribution in [0.15, 0.2) is 18.2 Å². The van der Waals surface area contributed by atoms with E-state index in [-0.39, 0.29) is 6.04 Å². The molecule has 19 heavy (non-hydrogen) atoms. The molecule has 0 spiro atoms. The Hall–Kier alpha value is -0.770. The van der Waals surface area contributed by atoms with Crippen molar-refractivity contribution in [2.75, 3.05) is 19.8 Å². The summed E-state index contributed by atoms with van der Waals surface area (Å²) in [5.41, 5.74) is 7.08. The molecule has 0 fully saturated rings. The molecule has 2 N–H and O–H groups in total. The van der Waals surface area contributed by atoms with Crippen LogP contribution in [0.2, 0.25) is 5.02 Å². The number of halogens is 1. The minimum atomic E-state index is 0.143. The van der Waals surface area contributed by atoms with E-state index in [0.717, 1.165) is 37.2 Å². The molecule has 3 nitrogen and oxygen atoms in total. The molecule has 4 heteroatoms. The van der Waals surface area contributed by atoms with Crippen LogP contribution < -0.4 is 10.5 Å². The molecule has 1 aromatic carbocycles. The first kappa shape index (κ1) is 16.3. The second kappa shape index (κ2) is 9.18. The Kier molecular flexibility index (Phi) is 7.87. The van der Waals surface area contributed by atoms with Gasteiger partial charge in [0.25, 0.3) is 0 Å². The van der Waals surface area contributed by atoms with Crippen molar-refractivity contribution in [1.82, 2.24) is 0 Å². The van der Waals surface area contributed by atoms with Crippen molar-refractivity contribution < 1.29 is 9.47 Å². The van der Waals surface area contributed by atoms with E-state index in [9.17, 15) is 0 Å². The summed E-state index contributed by atoms with van der Waals surface area (Å²) in [6, 6.07) is 5.96. The van der Waals surface area contributed by atoms with Gasteiger partial charge in [-0.05, 0) is 31.4 Å². The first-order valence-electron chi connectivity index (χ1n) is 6.92. The zero-order chi connectivity index (χ0) is 14.1. The van der Waals surface area contributed by atoms with Crippen molar-refractivity contribution >= 4 is 11.6 Å².